The van der Waals surface area contributed by atoms with Gasteiger partial charge in [-0.05, 0) is 86.9 Å². The van der Waals surface area contributed by atoms with Crippen LogP contribution in [0.1, 0.15) is 47.1 Å². The van der Waals surface area contributed by atoms with Crippen LogP contribution in [-0.2, 0) is 9.59 Å². The second-order valence-electron chi connectivity index (χ2n) is 8.36. The monoisotopic (exact) mass is 388 g/mol. The van der Waals surface area contributed by atoms with Gasteiger partial charge < -0.3 is 4.90 Å². The number of hydrogen-bond acceptors (Lipinski definition) is 3. The van der Waals surface area contributed by atoms with Crippen molar-refractivity contribution in [2.45, 2.75) is 47.0 Å². The van der Waals surface area contributed by atoms with E-state index in [1.807, 2.05) is 51.1 Å². The van der Waals surface area contributed by atoms with Crippen LogP contribution in [0.15, 0.2) is 42.1 Å². The Balaban J connectivity index is 1.86. The molecule has 2 amide bonds. The number of benzene rings is 2. The lowest BCUT2D eigenvalue weighted by atomic mass is 9.98. The molecule has 2 aromatic rings. The highest BCUT2D eigenvalue weighted by atomic mass is 16.2. The molecule has 4 nitrogen and oxygen atoms in total. The standard InChI is InChI=1S/C25H28N2O2/c1-16-12-17(2)14-21(13-16)27-24(28)22(20-9-8-18(3)19(4)15-20)23(25(27)29)26-10-6-5-7-11-26/h8-9,12-15H,5-7,10-11H2,1-4H3. The molecule has 2 aromatic carbocycles. The molecule has 0 atom stereocenters. The fraction of sp³-hybridized carbons (Fsp3) is 0.360. The van der Waals surface area contributed by atoms with Crippen LogP contribution in [0.5, 0.6) is 0 Å². The summed E-state index contributed by atoms with van der Waals surface area (Å²) < 4.78 is 0. The number of carbonyl (C=O) groups is 2. The highest BCUT2D eigenvalue weighted by Crippen LogP contribution is 2.36. The van der Waals surface area contributed by atoms with Crippen molar-refractivity contribution in [2.24, 2.45) is 0 Å². The molecule has 2 aliphatic heterocycles. The molecule has 0 N–H and O–H groups in total. The van der Waals surface area contributed by atoms with Crippen molar-refractivity contribution in [2.75, 3.05) is 18.0 Å². The Morgan fingerprint density at radius 1 is 0.724 bits per heavy atom. The molecule has 4 heteroatoms. The van der Waals surface area contributed by atoms with Gasteiger partial charge >= 0.3 is 0 Å². The van der Waals surface area contributed by atoms with Crippen molar-refractivity contribution in [3.8, 4) is 0 Å². The van der Waals surface area contributed by atoms with Crippen molar-refractivity contribution in [1.82, 2.24) is 4.90 Å². The highest BCUT2D eigenvalue weighted by Gasteiger charge is 2.42. The first-order valence-corrected chi connectivity index (χ1v) is 10.4. The van der Waals surface area contributed by atoms with Gasteiger partial charge in [-0.1, -0.05) is 24.3 Å². The molecule has 2 heterocycles. The smallest absolute Gasteiger partial charge is 0.282 e. The van der Waals surface area contributed by atoms with E-state index in [0.717, 1.165) is 48.2 Å². The van der Waals surface area contributed by atoms with Gasteiger partial charge in [0.05, 0.1) is 11.3 Å². The Hall–Kier alpha value is -2.88. The molecule has 0 radical (unpaired) electrons. The number of imide groups is 1. The maximum atomic E-state index is 13.6. The van der Waals surface area contributed by atoms with E-state index in [1.165, 1.54) is 16.9 Å². The summed E-state index contributed by atoms with van der Waals surface area (Å²) in [5.41, 5.74) is 6.98. The zero-order valence-corrected chi connectivity index (χ0v) is 17.7. The Morgan fingerprint density at radius 3 is 2.00 bits per heavy atom. The van der Waals surface area contributed by atoms with Gasteiger partial charge in [-0.3, -0.25) is 9.59 Å². The van der Waals surface area contributed by atoms with Crippen molar-refractivity contribution in [1.29, 1.82) is 0 Å². The zero-order chi connectivity index (χ0) is 20.7. The molecule has 0 spiro atoms. The van der Waals surface area contributed by atoms with Crippen molar-refractivity contribution < 1.29 is 9.59 Å². The summed E-state index contributed by atoms with van der Waals surface area (Å²) in [5.74, 6) is -0.418. The number of carbonyl (C=O) groups excluding carboxylic acids is 2. The topological polar surface area (TPSA) is 40.6 Å². The lowest BCUT2D eigenvalue weighted by Crippen LogP contribution is -2.37. The number of amides is 2. The number of piperidine rings is 1. The average molecular weight is 389 g/mol. The highest BCUT2D eigenvalue weighted by molar-refractivity contribution is 6.45. The van der Waals surface area contributed by atoms with Gasteiger partial charge in [0.2, 0.25) is 0 Å². The molecule has 0 bridgehead atoms. The van der Waals surface area contributed by atoms with Crippen LogP contribution in [0.4, 0.5) is 5.69 Å². The lowest BCUT2D eigenvalue weighted by Gasteiger charge is -2.29. The van der Waals surface area contributed by atoms with E-state index in [1.54, 1.807) is 0 Å². The molecule has 2 aliphatic rings. The number of rotatable bonds is 3. The summed E-state index contributed by atoms with van der Waals surface area (Å²) >= 11 is 0. The molecule has 1 fully saturated rings. The van der Waals surface area contributed by atoms with Gasteiger partial charge in [-0.15, -0.1) is 0 Å². The first kappa shape index (κ1) is 19.4. The van der Waals surface area contributed by atoms with Crippen LogP contribution in [0, 0.1) is 27.7 Å². The van der Waals surface area contributed by atoms with Gasteiger partial charge in [0.25, 0.3) is 11.8 Å². The SMILES string of the molecule is Cc1cc(C)cc(N2C(=O)C(c3ccc(C)c(C)c3)=C(N3CCCCC3)C2=O)c1. The second kappa shape index (κ2) is 7.51. The van der Waals surface area contributed by atoms with Crippen molar-refractivity contribution in [3.63, 3.8) is 0 Å². The van der Waals surface area contributed by atoms with Crippen LogP contribution in [0.2, 0.25) is 0 Å². The predicted molar refractivity (Wildman–Crippen MR) is 117 cm³/mol. The quantitative estimate of drug-likeness (QED) is 0.716. The summed E-state index contributed by atoms with van der Waals surface area (Å²) in [7, 11) is 0. The lowest BCUT2D eigenvalue weighted by molar-refractivity contribution is -0.120. The van der Waals surface area contributed by atoms with Crippen LogP contribution >= 0.6 is 0 Å². The third-order valence-electron chi connectivity index (χ3n) is 5.99. The molecular weight excluding hydrogens is 360 g/mol. The van der Waals surface area contributed by atoms with E-state index in [0.29, 0.717) is 17.0 Å². The van der Waals surface area contributed by atoms with E-state index in [9.17, 15) is 9.59 Å². The maximum absolute atomic E-state index is 13.6. The number of hydrogen-bond donors (Lipinski definition) is 0. The Bertz CT molecular complexity index is 1010. The molecular formula is C25H28N2O2. The van der Waals surface area contributed by atoms with Crippen molar-refractivity contribution in [3.05, 3.63) is 69.9 Å². The summed E-state index contributed by atoms with van der Waals surface area (Å²) in [5, 5.41) is 0. The van der Waals surface area contributed by atoms with E-state index in [2.05, 4.69) is 17.9 Å². The minimum Gasteiger partial charge on any atom is -0.366 e. The van der Waals surface area contributed by atoms with Crippen LogP contribution in [-0.4, -0.2) is 29.8 Å². The molecule has 0 unspecified atom stereocenters. The molecule has 0 aromatic heterocycles. The van der Waals surface area contributed by atoms with E-state index in [-0.39, 0.29) is 11.8 Å². The van der Waals surface area contributed by atoms with Gasteiger partial charge in [-0.2, -0.15) is 0 Å². The van der Waals surface area contributed by atoms with Gasteiger partial charge in [0.15, 0.2) is 0 Å². The van der Waals surface area contributed by atoms with Gasteiger partial charge in [0.1, 0.15) is 5.70 Å². The third kappa shape index (κ3) is 3.48. The molecule has 1 saturated heterocycles. The van der Waals surface area contributed by atoms with E-state index < -0.39 is 0 Å². The number of likely N-dealkylation sites (tertiary alicyclic amines) is 1. The Kier molecular flexibility index (Phi) is 5.03. The first-order valence-electron chi connectivity index (χ1n) is 10.4. The summed E-state index contributed by atoms with van der Waals surface area (Å²) in [6.45, 7) is 9.73. The van der Waals surface area contributed by atoms with Gasteiger partial charge in [0, 0.05) is 13.1 Å². The second-order valence-corrected chi connectivity index (χ2v) is 8.36. The molecule has 0 aliphatic carbocycles. The Morgan fingerprint density at radius 2 is 1.38 bits per heavy atom. The maximum Gasteiger partial charge on any atom is 0.282 e. The number of nitrogens with zero attached hydrogens (tertiary/aromatic N) is 2. The predicted octanol–water partition coefficient (Wildman–Crippen LogP) is 4.69. The third-order valence-corrected chi connectivity index (χ3v) is 5.99. The molecule has 29 heavy (non-hydrogen) atoms. The number of anilines is 1. The van der Waals surface area contributed by atoms with Crippen LogP contribution in [0.25, 0.3) is 5.57 Å². The van der Waals surface area contributed by atoms with Crippen molar-refractivity contribution >= 4 is 23.1 Å². The minimum absolute atomic E-state index is 0.199. The van der Waals surface area contributed by atoms with E-state index in [4.69, 9.17) is 0 Å². The largest absolute Gasteiger partial charge is 0.366 e. The van der Waals surface area contributed by atoms with E-state index >= 15 is 0 Å². The fourth-order valence-corrected chi connectivity index (χ4v) is 4.40. The Labute approximate surface area is 172 Å². The average Bonchev–Trinajstić information content (AvgIpc) is 2.94. The van der Waals surface area contributed by atoms with Gasteiger partial charge in [-0.25, -0.2) is 4.90 Å². The molecule has 4 rings (SSSR count). The van der Waals surface area contributed by atoms with Crippen LogP contribution < -0.4 is 4.90 Å². The molecule has 150 valence electrons. The summed E-state index contributed by atoms with van der Waals surface area (Å²) in [6.07, 6.45) is 3.27. The normalized spacial score (nSPS) is 17.5. The fourth-order valence-electron chi connectivity index (χ4n) is 4.40. The van der Waals surface area contributed by atoms with Crippen LogP contribution in [0.3, 0.4) is 0 Å². The molecule has 0 saturated carbocycles. The first-order chi connectivity index (χ1) is 13.9. The summed E-state index contributed by atoms with van der Waals surface area (Å²) in [4.78, 5) is 30.7. The number of aryl methyl sites for hydroxylation is 4. The minimum atomic E-state index is -0.219. The summed E-state index contributed by atoms with van der Waals surface area (Å²) in [6, 6.07) is 11.9. The zero-order valence-electron chi connectivity index (χ0n) is 17.7.